The van der Waals surface area contributed by atoms with Crippen molar-refractivity contribution in [2.24, 2.45) is 0 Å². The summed E-state index contributed by atoms with van der Waals surface area (Å²) < 4.78 is 0. The second kappa shape index (κ2) is 7.71. The molecule has 0 saturated carbocycles. The molecule has 0 aliphatic heterocycles. The molecule has 2 aromatic rings. The van der Waals surface area contributed by atoms with Crippen molar-refractivity contribution >= 4 is 11.6 Å². The third-order valence-electron chi connectivity index (χ3n) is 3.01. The highest BCUT2D eigenvalue weighted by molar-refractivity contribution is 5.84. The third-order valence-corrected chi connectivity index (χ3v) is 3.01. The molecule has 21 heavy (non-hydrogen) atoms. The summed E-state index contributed by atoms with van der Waals surface area (Å²) >= 11 is 0. The summed E-state index contributed by atoms with van der Waals surface area (Å²) in [4.78, 5) is 11.7. The predicted octanol–water partition coefficient (Wildman–Crippen LogP) is 2.80. The van der Waals surface area contributed by atoms with Crippen LogP contribution in [0.15, 0.2) is 54.6 Å². The van der Waals surface area contributed by atoms with Gasteiger partial charge in [0.2, 0.25) is 5.91 Å². The average Bonchev–Trinajstić information content (AvgIpc) is 2.54. The zero-order valence-electron chi connectivity index (χ0n) is 11.7. The van der Waals surface area contributed by atoms with E-state index in [1.165, 1.54) is 0 Å². The van der Waals surface area contributed by atoms with Gasteiger partial charge in [-0.2, -0.15) is 5.26 Å². The molecule has 0 aliphatic carbocycles. The molecular formula is C17H17N3O. The van der Waals surface area contributed by atoms with Gasteiger partial charge in [-0.1, -0.05) is 48.5 Å². The quantitative estimate of drug-likeness (QED) is 0.799. The predicted molar refractivity (Wildman–Crippen MR) is 83.6 cm³/mol. The lowest BCUT2D eigenvalue weighted by Gasteiger charge is -2.12. The van der Waals surface area contributed by atoms with Gasteiger partial charge >= 0.3 is 0 Å². The minimum Gasteiger partial charge on any atom is -0.376 e. The molecule has 0 fully saturated rings. The first-order valence-electron chi connectivity index (χ1n) is 6.83. The number of amides is 1. The van der Waals surface area contributed by atoms with Crippen LogP contribution in [0.2, 0.25) is 0 Å². The third kappa shape index (κ3) is 4.36. The van der Waals surface area contributed by atoms with Crippen molar-refractivity contribution in [3.05, 3.63) is 54.6 Å². The van der Waals surface area contributed by atoms with E-state index < -0.39 is 0 Å². The molecule has 0 aromatic heterocycles. The first kappa shape index (κ1) is 14.6. The Morgan fingerprint density at radius 2 is 1.76 bits per heavy atom. The van der Waals surface area contributed by atoms with Gasteiger partial charge in [0.15, 0.2) is 0 Å². The summed E-state index contributed by atoms with van der Waals surface area (Å²) in [5.41, 5.74) is 3.08. The van der Waals surface area contributed by atoms with E-state index in [-0.39, 0.29) is 12.5 Å². The van der Waals surface area contributed by atoms with E-state index in [1.54, 1.807) is 0 Å². The van der Waals surface area contributed by atoms with E-state index in [4.69, 9.17) is 5.26 Å². The number of hydrogen-bond acceptors (Lipinski definition) is 3. The SMILES string of the molecule is N#CCCNC(=O)CNc1ccccc1-c1ccccc1. The Kier molecular flexibility index (Phi) is 5.36. The highest BCUT2D eigenvalue weighted by Gasteiger charge is 2.05. The van der Waals surface area contributed by atoms with Crippen molar-refractivity contribution < 1.29 is 4.79 Å². The van der Waals surface area contributed by atoms with Crippen LogP contribution in [0.25, 0.3) is 11.1 Å². The summed E-state index contributed by atoms with van der Waals surface area (Å²) in [7, 11) is 0. The molecule has 0 atom stereocenters. The van der Waals surface area contributed by atoms with Gasteiger partial charge in [-0.25, -0.2) is 0 Å². The lowest BCUT2D eigenvalue weighted by Crippen LogP contribution is -2.30. The van der Waals surface area contributed by atoms with E-state index in [2.05, 4.69) is 10.6 Å². The molecule has 4 nitrogen and oxygen atoms in total. The van der Waals surface area contributed by atoms with Crippen molar-refractivity contribution in [3.8, 4) is 17.2 Å². The highest BCUT2D eigenvalue weighted by atomic mass is 16.1. The van der Waals surface area contributed by atoms with Crippen LogP contribution in [0.5, 0.6) is 0 Å². The standard InChI is InChI=1S/C17H17N3O/c18-11-6-12-19-17(21)13-20-16-10-5-4-9-15(16)14-7-2-1-3-8-14/h1-5,7-10,20H,6,12-13H2,(H,19,21). The van der Waals surface area contributed by atoms with Crippen LogP contribution >= 0.6 is 0 Å². The lowest BCUT2D eigenvalue weighted by molar-refractivity contribution is -0.119. The Balaban J connectivity index is 2.01. The van der Waals surface area contributed by atoms with Gasteiger partial charge in [-0.15, -0.1) is 0 Å². The number of carbonyl (C=O) groups is 1. The molecule has 0 unspecified atom stereocenters. The number of rotatable bonds is 6. The van der Waals surface area contributed by atoms with E-state index >= 15 is 0 Å². The van der Waals surface area contributed by atoms with Gasteiger partial charge in [0, 0.05) is 17.8 Å². The zero-order chi connectivity index (χ0) is 14.9. The molecule has 2 rings (SSSR count). The molecule has 2 aromatic carbocycles. The fourth-order valence-electron chi connectivity index (χ4n) is 2.00. The van der Waals surface area contributed by atoms with Crippen LogP contribution in [0.1, 0.15) is 6.42 Å². The second-order valence-corrected chi connectivity index (χ2v) is 4.52. The van der Waals surface area contributed by atoms with E-state index in [1.807, 2.05) is 60.7 Å². The van der Waals surface area contributed by atoms with Crippen molar-refractivity contribution in [1.29, 1.82) is 5.26 Å². The van der Waals surface area contributed by atoms with Gasteiger partial charge in [0.1, 0.15) is 0 Å². The first-order chi connectivity index (χ1) is 10.3. The van der Waals surface area contributed by atoms with Crippen LogP contribution in [0.3, 0.4) is 0 Å². The fourth-order valence-corrected chi connectivity index (χ4v) is 2.00. The minimum atomic E-state index is -0.117. The number of para-hydroxylation sites is 1. The summed E-state index contributed by atoms with van der Waals surface area (Å²) in [5, 5.41) is 14.3. The molecule has 0 spiro atoms. The van der Waals surface area contributed by atoms with Crippen LogP contribution in [-0.4, -0.2) is 19.0 Å². The van der Waals surface area contributed by atoms with Crippen LogP contribution < -0.4 is 10.6 Å². The Hall–Kier alpha value is -2.80. The first-order valence-corrected chi connectivity index (χ1v) is 6.83. The number of benzene rings is 2. The number of nitrogens with zero attached hydrogens (tertiary/aromatic N) is 1. The van der Waals surface area contributed by atoms with Crippen molar-refractivity contribution in [3.63, 3.8) is 0 Å². The number of nitrogens with one attached hydrogen (secondary N) is 2. The highest BCUT2D eigenvalue weighted by Crippen LogP contribution is 2.27. The van der Waals surface area contributed by atoms with Crippen molar-refractivity contribution in [2.45, 2.75) is 6.42 Å². The molecular weight excluding hydrogens is 262 g/mol. The average molecular weight is 279 g/mol. The summed E-state index contributed by atoms with van der Waals surface area (Å²) in [6.45, 7) is 0.576. The molecule has 0 heterocycles. The fraction of sp³-hybridized carbons (Fsp3) is 0.176. The Morgan fingerprint density at radius 1 is 1.05 bits per heavy atom. The Labute approximate surface area is 124 Å². The molecule has 0 bridgehead atoms. The lowest BCUT2D eigenvalue weighted by atomic mass is 10.0. The normalized spacial score (nSPS) is 9.67. The molecule has 4 heteroatoms. The van der Waals surface area contributed by atoms with E-state index in [9.17, 15) is 4.79 Å². The number of nitriles is 1. The molecule has 0 radical (unpaired) electrons. The maximum Gasteiger partial charge on any atom is 0.239 e. The van der Waals surface area contributed by atoms with Crippen LogP contribution in [0.4, 0.5) is 5.69 Å². The summed E-state index contributed by atoms with van der Waals surface area (Å²) in [5.74, 6) is -0.117. The molecule has 2 N–H and O–H groups in total. The topological polar surface area (TPSA) is 64.9 Å². The van der Waals surface area contributed by atoms with Gasteiger partial charge in [0.25, 0.3) is 0 Å². The van der Waals surface area contributed by atoms with Gasteiger partial charge in [-0.3, -0.25) is 4.79 Å². The monoisotopic (exact) mass is 279 g/mol. The largest absolute Gasteiger partial charge is 0.376 e. The summed E-state index contributed by atoms with van der Waals surface area (Å²) in [6.07, 6.45) is 0.326. The maximum atomic E-state index is 11.7. The molecule has 0 saturated heterocycles. The smallest absolute Gasteiger partial charge is 0.239 e. The van der Waals surface area contributed by atoms with Crippen LogP contribution in [0, 0.1) is 11.3 Å². The molecule has 1 amide bonds. The second-order valence-electron chi connectivity index (χ2n) is 4.52. The maximum absolute atomic E-state index is 11.7. The summed E-state index contributed by atoms with van der Waals surface area (Å²) in [6, 6.07) is 19.9. The van der Waals surface area contributed by atoms with Gasteiger partial charge in [0.05, 0.1) is 19.0 Å². The zero-order valence-corrected chi connectivity index (χ0v) is 11.7. The van der Waals surface area contributed by atoms with Crippen molar-refractivity contribution in [1.82, 2.24) is 5.32 Å². The van der Waals surface area contributed by atoms with Crippen LogP contribution in [-0.2, 0) is 4.79 Å². The van der Waals surface area contributed by atoms with Gasteiger partial charge in [-0.05, 0) is 11.6 Å². The molecule has 106 valence electrons. The van der Waals surface area contributed by atoms with E-state index in [0.29, 0.717) is 13.0 Å². The van der Waals surface area contributed by atoms with Gasteiger partial charge < -0.3 is 10.6 Å². The Bertz CT molecular complexity index is 632. The number of anilines is 1. The number of hydrogen-bond donors (Lipinski definition) is 2. The van der Waals surface area contributed by atoms with E-state index in [0.717, 1.165) is 16.8 Å². The Morgan fingerprint density at radius 3 is 2.52 bits per heavy atom. The molecule has 0 aliphatic rings. The minimum absolute atomic E-state index is 0.117. The van der Waals surface area contributed by atoms with Crippen molar-refractivity contribution in [2.75, 3.05) is 18.4 Å². The number of carbonyl (C=O) groups excluding carboxylic acids is 1.